The van der Waals surface area contributed by atoms with Gasteiger partial charge in [0.05, 0.1) is 5.69 Å². The molecule has 0 unspecified atom stereocenters. The molecule has 0 saturated carbocycles. The molecule has 1 aromatic heterocycles. The van der Waals surface area contributed by atoms with E-state index in [0.717, 1.165) is 12.1 Å². The monoisotopic (exact) mass is 390 g/mol. The molecule has 3 rings (SSSR count). The Morgan fingerprint density at radius 3 is 2.29 bits per heavy atom. The van der Waals surface area contributed by atoms with Crippen LogP contribution in [0.3, 0.4) is 0 Å². The zero-order chi connectivity index (χ0) is 20.3. The smallest absolute Gasteiger partial charge is 0.406 e. The molecule has 1 N–H and O–H groups in total. The third-order valence-electron chi connectivity index (χ3n) is 3.51. The second-order valence-electron chi connectivity index (χ2n) is 5.63. The molecule has 0 fully saturated rings. The minimum atomic E-state index is -4.79. The SMILES string of the molecule is CC(=O)Nc1nc(-c2ccc(C=O)cc2)nn1-c1ccc(OC(F)(F)F)cc1. The lowest BCUT2D eigenvalue weighted by molar-refractivity contribution is -0.274. The Hall–Kier alpha value is -3.69. The number of anilines is 1. The average molecular weight is 390 g/mol. The summed E-state index contributed by atoms with van der Waals surface area (Å²) in [7, 11) is 0. The lowest BCUT2D eigenvalue weighted by Crippen LogP contribution is -2.17. The Labute approximate surface area is 156 Å². The number of aldehydes is 1. The number of carbonyl (C=O) groups excluding carboxylic acids is 2. The van der Waals surface area contributed by atoms with Gasteiger partial charge in [0.2, 0.25) is 11.9 Å². The number of amides is 1. The normalized spacial score (nSPS) is 11.1. The molecule has 0 aliphatic rings. The van der Waals surface area contributed by atoms with Crippen LogP contribution < -0.4 is 10.1 Å². The number of carbonyl (C=O) groups is 2. The second kappa shape index (κ2) is 7.51. The topological polar surface area (TPSA) is 86.1 Å². The first-order chi connectivity index (χ1) is 13.2. The van der Waals surface area contributed by atoms with Crippen LogP contribution in [-0.2, 0) is 4.79 Å². The van der Waals surface area contributed by atoms with Gasteiger partial charge in [-0.05, 0) is 24.3 Å². The van der Waals surface area contributed by atoms with Gasteiger partial charge in [-0.2, -0.15) is 9.67 Å². The summed E-state index contributed by atoms with van der Waals surface area (Å²) in [5, 5.41) is 6.82. The molecule has 144 valence electrons. The molecule has 7 nitrogen and oxygen atoms in total. The third-order valence-corrected chi connectivity index (χ3v) is 3.51. The summed E-state index contributed by atoms with van der Waals surface area (Å²) in [6.45, 7) is 1.29. The molecule has 0 bridgehead atoms. The Balaban J connectivity index is 1.97. The number of nitrogens with one attached hydrogen (secondary N) is 1. The highest BCUT2D eigenvalue weighted by molar-refractivity contribution is 5.87. The van der Waals surface area contributed by atoms with Crippen molar-refractivity contribution >= 4 is 18.1 Å². The maximum atomic E-state index is 12.3. The molecule has 3 aromatic rings. The molecular formula is C18H13F3N4O3. The van der Waals surface area contributed by atoms with Crippen molar-refractivity contribution < 1.29 is 27.5 Å². The summed E-state index contributed by atoms with van der Waals surface area (Å²) in [4.78, 5) is 26.5. The maximum absolute atomic E-state index is 12.3. The van der Waals surface area contributed by atoms with E-state index in [1.54, 1.807) is 24.3 Å². The number of hydrogen-bond donors (Lipinski definition) is 1. The number of nitrogens with zero attached hydrogens (tertiary/aromatic N) is 3. The van der Waals surface area contributed by atoms with Crippen LogP contribution in [0.15, 0.2) is 48.5 Å². The van der Waals surface area contributed by atoms with Crippen LogP contribution in [0.2, 0.25) is 0 Å². The molecule has 1 heterocycles. The lowest BCUT2D eigenvalue weighted by atomic mass is 10.1. The summed E-state index contributed by atoms with van der Waals surface area (Å²) in [5.74, 6) is -0.432. The summed E-state index contributed by atoms with van der Waals surface area (Å²) >= 11 is 0. The fraction of sp³-hybridized carbons (Fsp3) is 0.111. The van der Waals surface area contributed by atoms with Crippen LogP contribution in [0.4, 0.5) is 19.1 Å². The Bertz CT molecular complexity index is 996. The van der Waals surface area contributed by atoms with Gasteiger partial charge in [0.15, 0.2) is 5.82 Å². The van der Waals surface area contributed by atoms with Crippen molar-refractivity contribution in [1.82, 2.24) is 14.8 Å². The van der Waals surface area contributed by atoms with Gasteiger partial charge in [0.25, 0.3) is 0 Å². The van der Waals surface area contributed by atoms with Gasteiger partial charge in [0.1, 0.15) is 12.0 Å². The van der Waals surface area contributed by atoms with Crippen LogP contribution in [0.25, 0.3) is 17.1 Å². The van der Waals surface area contributed by atoms with Crippen molar-refractivity contribution in [3.8, 4) is 22.8 Å². The highest BCUT2D eigenvalue weighted by Crippen LogP contribution is 2.26. The molecule has 0 spiro atoms. The minimum absolute atomic E-state index is 0.0893. The number of hydrogen-bond acceptors (Lipinski definition) is 5. The lowest BCUT2D eigenvalue weighted by Gasteiger charge is -2.10. The number of benzene rings is 2. The van der Waals surface area contributed by atoms with Gasteiger partial charge in [0, 0.05) is 18.1 Å². The van der Waals surface area contributed by atoms with Crippen LogP contribution in [0.1, 0.15) is 17.3 Å². The van der Waals surface area contributed by atoms with Gasteiger partial charge in [-0.3, -0.25) is 14.9 Å². The summed E-state index contributed by atoms with van der Waals surface area (Å²) in [5.41, 5.74) is 1.43. The maximum Gasteiger partial charge on any atom is 0.573 e. The van der Waals surface area contributed by atoms with Gasteiger partial charge < -0.3 is 4.74 Å². The van der Waals surface area contributed by atoms with Crippen molar-refractivity contribution in [2.24, 2.45) is 0 Å². The minimum Gasteiger partial charge on any atom is -0.406 e. The molecular weight excluding hydrogens is 377 g/mol. The van der Waals surface area contributed by atoms with Gasteiger partial charge in [-0.15, -0.1) is 18.3 Å². The third kappa shape index (κ3) is 4.53. The van der Waals surface area contributed by atoms with Gasteiger partial charge >= 0.3 is 6.36 Å². The van der Waals surface area contributed by atoms with E-state index in [9.17, 15) is 22.8 Å². The standard InChI is InChI=1S/C18H13F3N4O3/c1-11(27)22-17-23-16(13-4-2-12(10-26)3-5-13)24-25(17)14-6-8-15(9-7-14)28-18(19,20)21/h2-10H,1H3,(H,22,23,24,27). The molecule has 28 heavy (non-hydrogen) atoms. The summed E-state index contributed by atoms with van der Waals surface area (Å²) in [6.07, 6.45) is -4.10. The Morgan fingerprint density at radius 2 is 1.75 bits per heavy atom. The highest BCUT2D eigenvalue weighted by Gasteiger charge is 2.31. The number of aromatic nitrogens is 3. The van der Waals surface area contributed by atoms with Crippen LogP contribution in [-0.4, -0.2) is 33.3 Å². The van der Waals surface area contributed by atoms with Crippen molar-refractivity contribution in [3.05, 3.63) is 54.1 Å². The summed E-state index contributed by atoms with van der Waals surface area (Å²) < 4.78 is 42.0. The molecule has 0 aliphatic carbocycles. The summed E-state index contributed by atoms with van der Waals surface area (Å²) in [6, 6.07) is 11.4. The molecule has 2 aromatic carbocycles. The van der Waals surface area contributed by atoms with E-state index >= 15 is 0 Å². The Morgan fingerprint density at radius 1 is 1.11 bits per heavy atom. The van der Waals surface area contributed by atoms with E-state index in [1.165, 1.54) is 23.7 Å². The van der Waals surface area contributed by atoms with Crippen LogP contribution >= 0.6 is 0 Å². The number of ether oxygens (including phenoxy) is 1. The number of halogens is 3. The van der Waals surface area contributed by atoms with Crippen molar-refractivity contribution in [2.75, 3.05) is 5.32 Å². The molecule has 0 radical (unpaired) electrons. The first kappa shape index (κ1) is 19.1. The zero-order valence-electron chi connectivity index (χ0n) is 14.4. The molecule has 1 amide bonds. The predicted octanol–water partition coefficient (Wildman–Crippen LogP) is 3.60. The number of rotatable bonds is 5. The van der Waals surface area contributed by atoms with E-state index in [-0.39, 0.29) is 17.5 Å². The van der Waals surface area contributed by atoms with E-state index in [4.69, 9.17) is 0 Å². The molecule has 0 aliphatic heterocycles. The first-order valence-electron chi connectivity index (χ1n) is 7.91. The van der Waals surface area contributed by atoms with Crippen LogP contribution in [0, 0.1) is 0 Å². The zero-order valence-corrected chi connectivity index (χ0v) is 14.4. The highest BCUT2D eigenvalue weighted by atomic mass is 19.4. The van der Waals surface area contributed by atoms with Crippen molar-refractivity contribution in [1.29, 1.82) is 0 Å². The molecule has 10 heteroatoms. The number of alkyl halides is 3. The predicted molar refractivity (Wildman–Crippen MR) is 93.2 cm³/mol. The van der Waals surface area contributed by atoms with Gasteiger partial charge in [-0.25, -0.2) is 0 Å². The van der Waals surface area contributed by atoms with Crippen molar-refractivity contribution in [3.63, 3.8) is 0 Å². The second-order valence-corrected chi connectivity index (χ2v) is 5.63. The largest absolute Gasteiger partial charge is 0.573 e. The van der Waals surface area contributed by atoms with Crippen LogP contribution in [0.5, 0.6) is 5.75 Å². The van der Waals surface area contributed by atoms with E-state index in [1.807, 2.05) is 0 Å². The first-order valence-corrected chi connectivity index (χ1v) is 7.91. The van der Waals surface area contributed by atoms with E-state index in [2.05, 4.69) is 20.1 Å². The van der Waals surface area contributed by atoms with Crippen molar-refractivity contribution in [2.45, 2.75) is 13.3 Å². The molecule has 0 saturated heterocycles. The van der Waals surface area contributed by atoms with E-state index < -0.39 is 12.3 Å². The quantitative estimate of drug-likeness (QED) is 0.673. The average Bonchev–Trinajstić information content (AvgIpc) is 3.04. The fourth-order valence-electron chi connectivity index (χ4n) is 2.35. The Kier molecular flexibility index (Phi) is 5.12. The molecule has 0 atom stereocenters. The van der Waals surface area contributed by atoms with E-state index in [0.29, 0.717) is 23.1 Å². The van der Waals surface area contributed by atoms with Gasteiger partial charge in [-0.1, -0.05) is 24.3 Å². The fourth-order valence-corrected chi connectivity index (χ4v) is 2.35.